The third kappa shape index (κ3) is 5.76. The molecule has 27 heavy (non-hydrogen) atoms. The zero-order valence-corrected chi connectivity index (χ0v) is 18.3. The summed E-state index contributed by atoms with van der Waals surface area (Å²) in [4.78, 5) is 12.8. The first kappa shape index (κ1) is 23.1. The summed E-state index contributed by atoms with van der Waals surface area (Å²) in [5.41, 5.74) is 0.337. The number of anilines is 1. The molecule has 0 aromatic heterocycles. The molecule has 0 aliphatic carbocycles. The highest BCUT2D eigenvalue weighted by atomic mass is 32.2. The van der Waals surface area contributed by atoms with Crippen LogP contribution in [0.2, 0.25) is 0 Å². The van der Waals surface area contributed by atoms with E-state index in [1.807, 2.05) is 27.7 Å². The maximum absolute atomic E-state index is 12.8. The maximum Gasteiger partial charge on any atom is 0.243 e. The van der Waals surface area contributed by atoms with E-state index >= 15 is 0 Å². The van der Waals surface area contributed by atoms with Crippen LogP contribution in [0.25, 0.3) is 0 Å². The normalized spacial score (nSPS) is 13.0. The second-order valence-corrected chi connectivity index (χ2v) is 9.16. The lowest BCUT2D eigenvalue weighted by atomic mass is 9.93. The predicted molar refractivity (Wildman–Crippen MR) is 108 cm³/mol. The molecule has 1 amide bonds. The lowest BCUT2D eigenvalue weighted by Gasteiger charge is -2.32. The molecule has 1 rings (SSSR count). The van der Waals surface area contributed by atoms with Crippen molar-refractivity contribution in [2.45, 2.75) is 46.7 Å². The zero-order chi connectivity index (χ0) is 20.9. The van der Waals surface area contributed by atoms with Gasteiger partial charge in [0.05, 0.1) is 26.2 Å². The largest absolute Gasteiger partial charge is 0.493 e. The monoisotopic (exact) mass is 400 g/mol. The molecule has 0 heterocycles. The second kappa shape index (κ2) is 9.30. The van der Waals surface area contributed by atoms with Crippen LogP contribution in [0, 0.1) is 11.8 Å². The summed E-state index contributed by atoms with van der Waals surface area (Å²) in [5, 5.41) is 2.99. The van der Waals surface area contributed by atoms with Gasteiger partial charge in [-0.05, 0) is 30.9 Å². The van der Waals surface area contributed by atoms with Crippen molar-refractivity contribution in [1.82, 2.24) is 5.32 Å². The standard InChI is InChI=1S/C19H32N2O5S/c1-12(2)18(13(3)4)20-19(22)14(5)21(27(8,23)24)15-9-10-16(25-6)17(11-15)26-7/h9-14,18H,1-8H3,(H,20,22)/t14-/m0/s1. The minimum absolute atomic E-state index is 0.0493. The summed E-state index contributed by atoms with van der Waals surface area (Å²) in [6.45, 7) is 9.68. The number of carbonyl (C=O) groups is 1. The van der Waals surface area contributed by atoms with Crippen LogP contribution >= 0.6 is 0 Å². The van der Waals surface area contributed by atoms with Gasteiger partial charge in [0.25, 0.3) is 0 Å². The molecule has 1 aromatic rings. The van der Waals surface area contributed by atoms with Crippen LogP contribution in [-0.4, -0.2) is 46.9 Å². The van der Waals surface area contributed by atoms with Crippen molar-refractivity contribution in [1.29, 1.82) is 0 Å². The molecule has 1 atom stereocenters. The van der Waals surface area contributed by atoms with Gasteiger partial charge in [0.15, 0.2) is 11.5 Å². The minimum Gasteiger partial charge on any atom is -0.493 e. The molecule has 0 spiro atoms. The van der Waals surface area contributed by atoms with Crippen LogP contribution in [0.5, 0.6) is 11.5 Å². The first-order valence-corrected chi connectivity index (χ1v) is 10.8. The average Bonchev–Trinajstić information content (AvgIpc) is 2.57. The lowest BCUT2D eigenvalue weighted by Crippen LogP contribution is -2.52. The van der Waals surface area contributed by atoms with Gasteiger partial charge in [-0.1, -0.05) is 27.7 Å². The summed E-state index contributed by atoms with van der Waals surface area (Å²) in [5.74, 6) is 0.982. The van der Waals surface area contributed by atoms with E-state index < -0.39 is 16.1 Å². The molecular formula is C19H32N2O5S. The molecule has 0 radical (unpaired) electrons. The fourth-order valence-corrected chi connectivity index (χ4v) is 4.33. The van der Waals surface area contributed by atoms with Gasteiger partial charge in [-0.25, -0.2) is 8.42 Å². The van der Waals surface area contributed by atoms with Crippen molar-refractivity contribution >= 4 is 21.6 Å². The summed E-state index contributed by atoms with van der Waals surface area (Å²) in [6.07, 6.45) is 1.08. The number of benzene rings is 1. The average molecular weight is 401 g/mol. The summed E-state index contributed by atoms with van der Waals surface area (Å²) in [7, 11) is -0.736. The molecule has 0 saturated heterocycles. The minimum atomic E-state index is -3.71. The first-order chi connectivity index (χ1) is 12.4. The molecule has 1 aromatic carbocycles. The Kier molecular flexibility index (Phi) is 7.95. The quantitative estimate of drug-likeness (QED) is 0.689. The van der Waals surface area contributed by atoms with Crippen LogP contribution in [0.1, 0.15) is 34.6 Å². The molecule has 0 bridgehead atoms. The molecule has 0 unspecified atom stereocenters. The topological polar surface area (TPSA) is 84.9 Å². The number of hydrogen-bond acceptors (Lipinski definition) is 5. The second-order valence-electron chi connectivity index (χ2n) is 7.30. The zero-order valence-electron chi connectivity index (χ0n) is 17.4. The predicted octanol–water partition coefficient (Wildman–Crippen LogP) is 2.66. The van der Waals surface area contributed by atoms with E-state index in [1.165, 1.54) is 14.2 Å². The van der Waals surface area contributed by atoms with Gasteiger partial charge in [0.1, 0.15) is 6.04 Å². The Morgan fingerprint density at radius 3 is 1.93 bits per heavy atom. The Labute approximate surface area is 163 Å². The number of sulfonamides is 1. The third-order valence-electron chi connectivity index (χ3n) is 4.46. The van der Waals surface area contributed by atoms with Crippen molar-refractivity contribution in [3.63, 3.8) is 0 Å². The molecule has 0 aliphatic rings. The number of ether oxygens (including phenoxy) is 2. The third-order valence-corrected chi connectivity index (χ3v) is 5.70. The van der Waals surface area contributed by atoms with E-state index in [1.54, 1.807) is 25.1 Å². The van der Waals surface area contributed by atoms with E-state index in [9.17, 15) is 13.2 Å². The van der Waals surface area contributed by atoms with Gasteiger partial charge >= 0.3 is 0 Å². The molecule has 154 valence electrons. The van der Waals surface area contributed by atoms with Gasteiger partial charge in [0, 0.05) is 12.1 Å². The van der Waals surface area contributed by atoms with E-state index in [0.29, 0.717) is 17.2 Å². The molecular weight excluding hydrogens is 368 g/mol. The number of carbonyl (C=O) groups excluding carboxylic acids is 1. The fraction of sp³-hybridized carbons (Fsp3) is 0.632. The maximum atomic E-state index is 12.8. The van der Waals surface area contributed by atoms with Crippen molar-refractivity contribution in [3.8, 4) is 11.5 Å². The Balaban J connectivity index is 3.27. The molecule has 0 fully saturated rings. The van der Waals surface area contributed by atoms with Gasteiger partial charge in [-0.2, -0.15) is 0 Å². The van der Waals surface area contributed by atoms with E-state index in [0.717, 1.165) is 10.6 Å². The molecule has 8 heteroatoms. The number of nitrogens with one attached hydrogen (secondary N) is 1. The highest BCUT2D eigenvalue weighted by Gasteiger charge is 2.32. The Morgan fingerprint density at radius 1 is 1.00 bits per heavy atom. The van der Waals surface area contributed by atoms with Crippen molar-refractivity contribution in [2.75, 3.05) is 24.8 Å². The van der Waals surface area contributed by atoms with Gasteiger partial charge in [-0.15, -0.1) is 0 Å². The number of rotatable bonds is 9. The van der Waals surface area contributed by atoms with Crippen molar-refractivity contribution in [3.05, 3.63) is 18.2 Å². The molecule has 1 N–H and O–H groups in total. The van der Waals surface area contributed by atoms with Crippen molar-refractivity contribution in [2.24, 2.45) is 11.8 Å². The fourth-order valence-electron chi connectivity index (χ4n) is 3.16. The summed E-state index contributed by atoms with van der Waals surface area (Å²) < 4.78 is 36.5. The molecule has 0 saturated carbocycles. The van der Waals surface area contributed by atoms with E-state index in [4.69, 9.17) is 9.47 Å². The first-order valence-electron chi connectivity index (χ1n) is 8.95. The van der Waals surface area contributed by atoms with Gasteiger partial charge in [0.2, 0.25) is 15.9 Å². The highest BCUT2D eigenvalue weighted by Crippen LogP contribution is 2.33. The SMILES string of the molecule is COc1ccc(N([C@@H](C)C(=O)NC(C(C)C)C(C)C)S(C)(=O)=O)cc1OC. The lowest BCUT2D eigenvalue weighted by molar-refractivity contribution is -0.123. The van der Waals surface area contributed by atoms with E-state index in [2.05, 4.69) is 5.32 Å². The summed E-state index contributed by atoms with van der Waals surface area (Å²) >= 11 is 0. The number of amides is 1. The number of hydrogen-bond donors (Lipinski definition) is 1. The van der Waals surface area contributed by atoms with Crippen LogP contribution in [0.4, 0.5) is 5.69 Å². The Morgan fingerprint density at radius 2 is 1.52 bits per heavy atom. The summed E-state index contributed by atoms with van der Waals surface area (Å²) in [6, 6.07) is 3.78. The van der Waals surface area contributed by atoms with Gasteiger partial charge < -0.3 is 14.8 Å². The smallest absolute Gasteiger partial charge is 0.243 e. The van der Waals surface area contributed by atoms with Gasteiger partial charge in [-0.3, -0.25) is 9.10 Å². The van der Waals surface area contributed by atoms with Crippen molar-refractivity contribution < 1.29 is 22.7 Å². The van der Waals surface area contributed by atoms with Crippen LogP contribution in [-0.2, 0) is 14.8 Å². The Bertz CT molecular complexity index is 738. The van der Waals surface area contributed by atoms with Crippen LogP contribution < -0.4 is 19.1 Å². The molecule has 7 nitrogen and oxygen atoms in total. The van der Waals surface area contributed by atoms with Crippen LogP contribution in [0.15, 0.2) is 18.2 Å². The number of methoxy groups -OCH3 is 2. The van der Waals surface area contributed by atoms with Crippen LogP contribution in [0.3, 0.4) is 0 Å². The molecule has 0 aliphatic heterocycles. The highest BCUT2D eigenvalue weighted by molar-refractivity contribution is 7.92. The number of nitrogens with zero attached hydrogens (tertiary/aromatic N) is 1. The Hall–Kier alpha value is -1.96. The van der Waals surface area contributed by atoms with E-state index in [-0.39, 0.29) is 23.8 Å².